The molecule has 128 valence electrons. The van der Waals surface area contributed by atoms with Gasteiger partial charge in [0.05, 0.1) is 23.6 Å². The number of hydrogen-bond acceptors (Lipinski definition) is 6. The molecule has 9 heteroatoms. The standard InChI is InChI=1S/C14H23N5O3S/c1-10-15-16-12-8-17(4)11(7-19(10)12)13(20)18-5-6-23(21,22)14(2,3)9-18/h11H,5-9H2,1-4H3. The lowest BCUT2D eigenvalue weighted by Gasteiger charge is -2.41. The second-order valence-electron chi connectivity index (χ2n) is 7.04. The number of hydrogen-bond donors (Lipinski definition) is 0. The summed E-state index contributed by atoms with van der Waals surface area (Å²) in [5, 5.41) is 8.19. The number of nitrogens with zero attached hydrogens (tertiary/aromatic N) is 5. The molecule has 0 bridgehead atoms. The minimum atomic E-state index is -3.15. The molecule has 2 aliphatic rings. The van der Waals surface area contributed by atoms with E-state index in [1.54, 1.807) is 18.7 Å². The molecular weight excluding hydrogens is 318 g/mol. The molecule has 8 nitrogen and oxygen atoms in total. The fraction of sp³-hybridized carbons (Fsp3) is 0.786. The summed E-state index contributed by atoms with van der Waals surface area (Å²) in [4.78, 5) is 16.6. The molecule has 2 aliphatic heterocycles. The summed E-state index contributed by atoms with van der Waals surface area (Å²) in [7, 11) is -1.26. The highest BCUT2D eigenvalue weighted by Crippen LogP contribution is 2.26. The maximum absolute atomic E-state index is 12.9. The third kappa shape index (κ3) is 2.65. The summed E-state index contributed by atoms with van der Waals surface area (Å²) in [6.45, 7) is 6.83. The van der Waals surface area contributed by atoms with Crippen molar-refractivity contribution in [3.63, 3.8) is 0 Å². The minimum absolute atomic E-state index is 0.0192. The summed E-state index contributed by atoms with van der Waals surface area (Å²) < 4.78 is 25.3. The number of carbonyl (C=O) groups excluding carboxylic acids is 1. The Labute approximate surface area is 136 Å². The average molecular weight is 341 g/mol. The first-order chi connectivity index (χ1) is 10.6. The average Bonchev–Trinajstić information content (AvgIpc) is 2.81. The largest absolute Gasteiger partial charge is 0.339 e. The molecule has 0 radical (unpaired) electrons. The lowest BCUT2D eigenvalue weighted by Crippen LogP contribution is -2.59. The first kappa shape index (κ1) is 16.4. The number of aromatic nitrogens is 3. The smallest absolute Gasteiger partial charge is 0.241 e. The predicted molar refractivity (Wildman–Crippen MR) is 84.5 cm³/mol. The Morgan fingerprint density at radius 3 is 2.65 bits per heavy atom. The number of carbonyl (C=O) groups is 1. The zero-order valence-corrected chi connectivity index (χ0v) is 14.8. The van der Waals surface area contributed by atoms with Gasteiger partial charge in [0.25, 0.3) is 0 Å². The van der Waals surface area contributed by atoms with Crippen LogP contribution in [0.3, 0.4) is 0 Å². The fourth-order valence-electron chi connectivity index (χ4n) is 3.23. The van der Waals surface area contributed by atoms with Crippen molar-refractivity contribution in [2.24, 2.45) is 0 Å². The summed E-state index contributed by atoms with van der Waals surface area (Å²) in [5.41, 5.74) is 0. The Kier molecular flexibility index (Phi) is 3.75. The van der Waals surface area contributed by atoms with Crippen LogP contribution in [0.2, 0.25) is 0 Å². The molecule has 3 rings (SSSR count). The summed E-state index contributed by atoms with van der Waals surface area (Å²) in [6, 6.07) is -0.311. The monoisotopic (exact) mass is 341 g/mol. The van der Waals surface area contributed by atoms with E-state index < -0.39 is 14.6 Å². The molecule has 3 heterocycles. The lowest BCUT2D eigenvalue weighted by molar-refractivity contribution is -0.138. The summed E-state index contributed by atoms with van der Waals surface area (Å²) in [5.74, 6) is 1.66. The maximum atomic E-state index is 12.9. The normalized spacial score (nSPS) is 26.8. The van der Waals surface area contributed by atoms with Gasteiger partial charge in [0.1, 0.15) is 17.7 Å². The molecule has 1 aromatic rings. The summed E-state index contributed by atoms with van der Waals surface area (Å²) in [6.07, 6.45) is 0. The number of likely N-dealkylation sites (N-methyl/N-ethyl adjacent to an activating group) is 1. The van der Waals surface area contributed by atoms with E-state index in [0.29, 0.717) is 13.1 Å². The third-order valence-corrected chi connectivity index (χ3v) is 7.46. The van der Waals surface area contributed by atoms with Crippen molar-refractivity contribution in [3.05, 3.63) is 11.6 Å². The highest BCUT2D eigenvalue weighted by atomic mass is 32.2. The van der Waals surface area contributed by atoms with Gasteiger partial charge in [0.2, 0.25) is 5.91 Å². The molecule has 0 spiro atoms. The molecule has 1 saturated heterocycles. The number of aryl methyl sites for hydroxylation is 1. The van der Waals surface area contributed by atoms with Crippen molar-refractivity contribution in [1.29, 1.82) is 0 Å². The van der Waals surface area contributed by atoms with E-state index in [9.17, 15) is 13.2 Å². The maximum Gasteiger partial charge on any atom is 0.241 e. The zero-order chi connectivity index (χ0) is 17.0. The Morgan fingerprint density at radius 2 is 2.00 bits per heavy atom. The molecule has 1 fully saturated rings. The van der Waals surface area contributed by atoms with E-state index in [2.05, 4.69) is 10.2 Å². The van der Waals surface area contributed by atoms with Crippen LogP contribution in [-0.4, -0.2) is 75.6 Å². The van der Waals surface area contributed by atoms with E-state index in [4.69, 9.17) is 0 Å². The molecule has 1 amide bonds. The van der Waals surface area contributed by atoms with E-state index in [1.165, 1.54) is 0 Å². The molecule has 0 N–H and O–H groups in total. The molecule has 0 saturated carbocycles. The van der Waals surface area contributed by atoms with Gasteiger partial charge in [-0.1, -0.05) is 0 Å². The highest BCUT2D eigenvalue weighted by Gasteiger charge is 2.44. The molecule has 1 aromatic heterocycles. The number of sulfone groups is 1. The molecule has 23 heavy (non-hydrogen) atoms. The van der Waals surface area contributed by atoms with Gasteiger partial charge in [0, 0.05) is 13.1 Å². The second kappa shape index (κ2) is 5.27. The Morgan fingerprint density at radius 1 is 1.30 bits per heavy atom. The van der Waals surface area contributed by atoms with Gasteiger partial charge in [-0.2, -0.15) is 0 Å². The molecule has 1 atom stereocenters. The van der Waals surface area contributed by atoms with Crippen LogP contribution in [0.4, 0.5) is 0 Å². The minimum Gasteiger partial charge on any atom is -0.339 e. The van der Waals surface area contributed by atoms with Gasteiger partial charge in [0.15, 0.2) is 9.84 Å². The van der Waals surface area contributed by atoms with Crippen molar-refractivity contribution in [2.75, 3.05) is 25.9 Å². The van der Waals surface area contributed by atoms with Crippen LogP contribution in [0.15, 0.2) is 0 Å². The number of fused-ring (bicyclic) bond motifs is 1. The predicted octanol–water partition coefficient (Wildman–Crippen LogP) is -0.564. The van der Waals surface area contributed by atoms with Crippen molar-refractivity contribution in [3.8, 4) is 0 Å². The van der Waals surface area contributed by atoms with Crippen molar-refractivity contribution in [1.82, 2.24) is 24.6 Å². The van der Waals surface area contributed by atoms with Gasteiger partial charge in [-0.25, -0.2) is 8.42 Å². The fourth-order valence-corrected chi connectivity index (χ4v) is 4.60. The molecule has 0 aromatic carbocycles. The third-order valence-electron chi connectivity index (χ3n) is 4.93. The van der Waals surface area contributed by atoms with E-state index in [1.807, 2.05) is 23.4 Å². The Bertz CT molecular complexity index is 740. The van der Waals surface area contributed by atoms with Crippen molar-refractivity contribution < 1.29 is 13.2 Å². The van der Waals surface area contributed by atoms with Crippen molar-refractivity contribution >= 4 is 15.7 Å². The van der Waals surface area contributed by atoms with Crippen LogP contribution in [0.1, 0.15) is 25.5 Å². The SMILES string of the molecule is Cc1nnc2n1CC(C(=O)N1CCS(=O)(=O)C(C)(C)C1)N(C)C2. The van der Waals surface area contributed by atoms with E-state index in [0.717, 1.165) is 11.6 Å². The lowest BCUT2D eigenvalue weighted by atomic mass is 10.1. The summed E-state index contributed by atoms with van der Waals surface area (Å²) >= 11 is 0. The van der Waals surface area contributed by atoms with Crippen LogP contribution in [-0.2, 0) is 27.7 Å². The first-order valence-corrected chi connectivity index (χ1v) is 9.37. The number of rotatable bonds is 1. The van der Waals surface area contributed by atoms with Gasteiger partial charge >= 0.3 is 0 Å². The topological polar surface area (TPSA) is 88.4 Å². The van der Waals surface area contributed by atoms with Gasteiger partial charge in [-0.15, -0.1) is 10.2 Å². The first-order valence-electron chi connectivity index (χ1n) is 7.72. The van der Waals surface area contributed by atoms with Crippen molar-refractivity contribution in [2.45, 2.75) is 44.6 Å². The van der Waals surface area contributed by atoms with Crippen LogP contribution < -0.4 is 0 Å². The van der Waals surface area contributed by atoms with Crippen LogP contribution >= 0.6 is 0 Å². The molecule has 1 unspecified atom stereocenters. The highest BCUT2D eigenvalue weighted by molar-refractivity contribution is 7.92. The van der Waals surface area contributed by atoms with E-state index >= 15 is 0 Å². The quantitative estimate of drug-likeness (QED) is 0.680. The van der Waals surface area contributed by atoms with Gasteiger partial charge in [-0.05, 0) is 27.8 Å². The Balaban J connectivity index is 1.80. The van der Waals surface area contributed by atoms with Crippen LogP contribution in [0.5, 0.6) is 0 Å². The second-order valence-corrected chi connectivity index (χ2v) is 9.79. The van der Waals surface area contributed by atoms with Crippen LogP contribution in [0.25, 0.3) is 0 Å². The Hall–Kier alpha value is -1.48. The van der Waals surface area contributed by atoms with Crippen LogP contribution in [0, 0.1) is 6.92 Å². The zero-order valence-electron chi connectivity index (χ0n) is 14.0. The number of amides is 1. The van der Waals surface area contributed by atoms with E-state index in [-0.39, 0.29) is 30.8 Å². The van der Waals surface area contributed by atoms with Gasteiger partial charge < -0.3 is 9.47 Å². The van der Waals surface area contributed by atoms with Gasteiger partial charge in [-0.3, -0.25) is 9.69 Å². The molecular formula is C14H23N5O3S. The molecule has 0 aliphatic carbocycles.